The maximum absolute atomic E-state index is 8.84. The molecule has 3 unspecified atom stereocenters. The van der Waals surface area contributed by atoms with Gasteiger partial charge in [0, 0.05) is 33.0 Å². The molecule has 0 saturated carbocycles. The van der Waals surface area contributed by atoms with Crippen molar-refractivity contribution in [1.82, 2.24) is 24.6 Å². The Morgan fingerprint density at radius 2 is 2.17 bits per heavy atom. The van der Waals surface area contributed by atoms with E-state index in [1.165, 1.54) is 5.57 Å². The highest BCUT2D eigenvalue weighted by molar-refractivity contribution is 5.44. The third kappa shape index (κ3) is 5.13. The Morgan fingerprint density at radius 1 is 1.38 bits per heavy atom. The molecule has 156 valence electrons. The van der Waals surface area contributed by atoms with Gasteiger partial charge in [-0.15, -0.1) is 10.2 Å². The minimum Gasteiger partial charge on any atom is -0.419 e. The van der Waals surface area contributed by atoms with Crippen LogP contribution in [0.1, 0.15) is 39.5 Å². The van der Waals surface area contributed by atoms with Gasteiger partial charge in [0.15, 0.2) is 0 Å². The minimum absolute atomic E-state index is 0.419. The normalized spacial score (nSPS) is 22.1. The van der Waals surface area contributed by atoms with Crippen molar-refractivity contribution < 1.29 is 4.42 Å². The highest BCUT2D eigenvalue weighted by Crippen LogP contribution is 2.39. The van der Waals surface area contributed by atoms with Crippen LogP contribution in [-0.4, -0.2) is 44.8 Å². The largest absolute Gasteiger partial charge is 0.419 e. The number of aromatic nitrogens is 4. The van der Waals surface area contributed by atoms with Gasteiger partial charge >= 0.3 is 0 Å². The van der Waals surface area contributed by atoms with E-state index in [-0.39, 0.29) is 0 Å². The third-order valence-electron chi connectivity index (χ3n) is 6.14. The minimum atomic E-state index is 0.419. The van der Waals surface area contributed by atoms with Crippen molar-refractivity contribution >= 4 is 0 Å². The summed E-state index contributed by atoms with van der Waals surface area (Å²) in [7, 11) is 4.03. The van der Waals surface area contributed by atoms with Gasteiger partial charge in [0.05, 0.1) is 18.6 Å². The molecule has 3 atom stereocenters. The SMILES string of the molecule is CC1=CC(CN(C)CCC#N)C(C(C)C)CC1Cc1nnc(-c2cncn2C)o1. The summed E-state index contributed by atoms with van der Waals surface area (Å²) in [6, 6.07) is 2.24. The fourth-order valence-corrected chi connectivity index (χ4v) is 4.39. The molecule has 0 radical (unpaired) electrons. The van der Waals surface area contributed by atoms with E-state index in [9.17, 15) is 0 Å². The molecule has 2 aromatic heterocycles. The fourth-order valence-electron chi connectivity index (χ4n) is 4.39. The van der Waals surface area contributed by atoms with Gasteiger partial charge in [-0.05, 0) is 44.1 Å². The number of allylic oxidation sites excluding steroid dienone is 1. The first kappa shape index (κ1) is 21.3. The molecule has 0 bridgehead atoms. The van der Waals surface area contributed by atoms with Crippen LogP contribution in [0.4, 0.5) is 0 Å². The molecule has 0 N–H and O–H groups in total. The zero-order chi connectivity index (χ0) is 21.0. The van der Waals surface area contributed by atoms with Crippen molar-refractivity contribution in [2.75, 3.05) is 20.1 Å². The first-order valence-corrected chi connectivity index (χ1v) is 10.4. The van der Waals surface area contributed by atoms with Crippen LogP contribution in [0, 0.1) is 35.0 Å². The van der Waals surface area contributed by atoms with Gasteiger partial charge in [-0.3, -0.25) is 0 Å². The molecule has 0 amide bonds. The number of aryl methyl sites for hydroxylation is 1. The number of imidazole rings is 1. The van der Waals surface area contributed by atoms with Gasteiger partial charge < -0.3 is 13.9 Å². The van der Waals surface area contributed by atoms with Gasteiger partial charge in [0.1, 0.15) is 5.69 Å². The predicted octanol–water partition coefficient (Wildman–Crippen LogP) is 3.71. The fraction of sp³-hybridized carbons (Fsp3) is 0.636. The van der Waals surface area contributed by atoms with Crippen molar-refractivity contribution in [1.29, 1.82) is 5.26 Å². The molecule has 3 rings (SSSR count). The molecule has 2 heterocycles. The molecular weight excluding hydrogens is 364 g/mol. The number of nitrogens with zero attached hydrogens (tertiary/aromatic N) is 6. The van der Waals surface area contributed by atoms with Crippen molar-refractivity contribution in [3.05, 3.63) is 30.1 Å². The van der Waals surface area contributed by atoms with E-state index in [1.54, 1.807) is 12.5 Å². The quantitative estimate of drug-likeness (QED) is 0.633. The van der Waals surface area contributed by atoms with Crippen LogP contribution in [0.3, 0.4) is 0 Å². The molecule has 0 spiro atoms. The third-order valence-corrected chi connectivity index (χ3v) is 6.14. The summed E-state index contributed by atoms with van der Waals surface area (Å²) >= 11 is 0. The zero-order valence-electron chi connectivity index (χ0n) is 18.2. The highest BCUT2D eigenvalue weighted by Gasteiger charge is 2.33. The van der Waals surface area contributed by atoms with Crippen molar-refractivity contribution in [3.8, 4) is 17.7 Å². The highest BCUT2D eigenvalue weighted by atomic mass is 16.4. The first-order valence-electron chi connectivity index (χ1n) is 10.4. The van der Waals surface area contributed by atoms with Crippen LogP contribution in [0.25, 0.3) is 11.6 Å². The van der Waals surface area contributed by atoms with Gasteiger partial charge in [-0.1, -0.05) is 25.5 Å². The first-order chi connectivity index (χ1) is 13.9. The molecule has 1 aliphatic carbocycles. The van der Waals surface area contributed by atoms with Crippen LogP contribution < -0.4 is 0 Å². The molecule has 29 heavy (non-hydrogen) atoms. The molecule has 0 aromatic carbocycles. The van der Waals surface area contributed by atoms with Gasteiger partial charge in [0.25, 0.3) is 5.89 Å². The van der Waals surface area contributed by atoms with Crippen molar-refractivity contribution in [2.45, 2.75) is 40.0 Å². The molecular formula is C22H32N6O. The van der Waals surface area contributed by atoms with Crippen LogP contribution in [0.2, 0.25) is 0 Å². The van der Waals surface area contributed by atoms with E-state index >= 15 is 0 Å². The Balaban J connectivity index is 1.71. The van der Waals surface area contributed by atoms with Gasteiger partial charge in [-0.25, -0.2) is 4.98 Å². The molecule has 0 saturated heterocycles. The maximum Gasteiger partial charge on any atom is 0.265 e. The smallest absolute Gasteiger partial charge is 0.265 e. The number of hydrogen-bond donors (Lipinski definition) is 0. The summed E-state index contributed by atoms with van der Waals surface area (Å²) in [5.41, 5.74) is 2.24. The van der Waals surface area contributed by atoms with E-state index in [0.29, 0.717) is 41.9 Å². The Bertz CT molecular complexity index is 874. The summed E-state index contributed by atoms with van der Waals surface area (Å²) in [6.45, 7) is 8.67. The number of hydrogen-bond acceptors (Lipinski definition) is 6. The topological polar surface area (TPSA) is 83.8 Å². The predicted molar refractivity (Wildman–Crippen MR) is 112 cm³/mol. The van der Waals surface area contributed by atoms with Crippen LogP contribution in [0.15, 0.2) is 28.6 Å². The second-order valence-electron chi connectivity index (χ2n) is 8.68. The summed E-state index contributed by atoms with van der Waals surface area (Å²) in [5.74, 6) is 3.35. The lowest BCUT2D eigenvalue weighted by molar-refractivity contribution is 0.177. The second-order valence-corrected chi connectivity index (χ2v) is 8.68. The summed E-state index contributed by atoms with van der Waals surface area (Å²) in [4.78, 5) is 6.40. The zero-order valence-corrected chi connectivity index (χ0v) is 18.2. The van der Waals surface area contributed by atoms with E-state index in [4.69, 9.17) is 9.68 Å². The standard InChI is InChI=1S/C22H32N6O/c1-15(2)19-10-17(16(3)9-18(19)13-27(4)8-6-7-23)11-21-25-26-22(29-21)20-12-24-14-28(20)5/h9,12,14-15,17-19H,6,8,10-11,13H2,1-5H3. The summed E-state index contributed by atoms with van der Waals surface area (Å²) in [5, 5.41) is 17.3. The second kappa shape index (κ2) is 9.36. The monoisotopic (exact) mass is 396 g/mol. The van der Waals surface area contributed by atoms with Crippen LogP contribution >= 0.6 is 0 Å². The van der Waals surface area contributed by atoms with E-state index in [0.717, 1.165) is 31.6 Å². The molecule has 7 nitrogen and oxygen atoms in total. The lowest BCUT2D eigenvalue weighted by atomic mass is 9.69. The van der Waals surface area contributed by atoms with Gasteiger partial charge in [0.2, 0.25) is 5.89 Å². The molecule has 7 heteroatoms. The molecule has 0 aliphatic heterocycles. The summed E-state index contributed by atoms with van der Waals surface area (Å²) < 4.78 is 7.82. The van der Waals surface area contributed by atoms with Gasteiger partial charge in [-0.2, -0.15) is 5.26 Å². The van der Waals surface area contributed by atoms with Crippen LogP contribution in [-0.2, 0) is 13.5 Å². The average Bonchev–Trinajstić information content (AvgIpc) is 3.30. The summed E-state index contributed by atoms with van der Waals surface area (Å²) in [6.07, 6.45) is 8.39. The maximum atomic E-state index is 8.84. The Kier molecular flexibility index (Phi) is 6.86. The van der Waals surface area contributed by atoms with Crippen molar-refractivity contribution in [3.63, 3.8) is 0 Å². The lowest BCUT2D eigenvalue weighted by Crippen LogP contribution is -2.36. The Hall–Kier alpha value is -2.46. The Labute approximate surface area is 173 Å². The van der Waals surface area contributed by atoms with Crippen molar-refractivity contribution in [2.24, 2.45) is 30.7 Å². The van der Waals surface area contributed by atoms with E-state index in [2.05, 4.69) is 60.0 Å². The van der Waals surface area contributed by atoms with E-state index in [1.807, 2.05) is 11.6 Å². The lowest BCUT2D eigenvalue weighted by Gasteiger charge is -2.38. The van der Waals surface area contributed by atoms with E-state index < -0.39 is 0 Å². The van der Waals surface area contributed by atoms with Crippen LogP contribution in [0.5, 0.6) is 0 Å². The number of rotatable bonds is 8. The Morgan fingerprint density at radius 3 is 2.83 bits per heavy atom. The molecule has 0 fully saturated rings. The molecule has 2 aromatic rings. The average molecular weight is 397 g/mol. The molecule has 1 aliphatic rings. The number of nitriles is 1.